The number of carbonyl (C=O) groups is 1. The molecule has 2 aromatic heterocycles. The maximum atomic E-state index is 13.4. The number of Topliss-reactive ketones (excluding diaryl/α,β-unsaturated/α-hetero) is 1. The van der Waals surface area contributed by atoms with E-state index in [0.717, 1.165) is 16.8 Å². The number of fused-ring (bicyclic) bond motifs is 2. The number of nitrogens with zero attached hydrogens (tertiary/aromatic N) is 5. The fraction of sp³-hybridized carbons (Fsp3) is 0.400. The summed E-state index contributed by atoms with van der Waals surface area (Å²) in [5.41, 5.74) is 3.49. The highest BCUT2D eigenvalue weighted by atomic mass is 32.2. The third-order valence-corrected chi connectivity index (χ3v) is 7.91. The monoisotopic (exact) mass is 409 g/mol. The number of hydrogen-bond acceptors (Lipinski definition) is 6. The van der Waals surface area contributed by atoms with E-state index in [1.165, 1.54) is 4.31 Å². The summed E-state index contributed by atoms with van der Waals surface area (Å²) in [6.07, 6.45) is 4.33. The number of rotatable bonds is 4. The highest BCUT2D eigenvalue weighted by Crippen LogP contribution is 2.46. The second-order valence-corrected chi connectivity index (χ2v) is 10.0. The Kier molecular flexibility index (Phi) is 3.67. The third kappa shape index (κ3) is 2.27. The molecule has 0 amide bonds. The number of hydrogen-bond donors (Lipinski definition) is 0. The van der Waals surface area contributed by atoms with Gasteiger partial charge in [0.05, 0.1) is 29.5 Å². The van der Waals surface area contributed by atoms with Crippen LogP contribution in [0.25, 0.3) is 16.8 Å². The molecule has 0 saturated carbocycles. The van der Waals surface area contributed by atoms with E-state index >= 15 is 0 Å². The van der Waals surface area contributed by atoms with Gasteiger partial charge in [-0.05, 0) is 19.9 Å². The topological polar surface area (TPSA) is 109 Å². The van der Waals surface area contributed by atoms with E-state index in [-0.39, 0.29) is 31.0 Å². The number of sulfonamides is 1. The number of allylic oxidation sites excluding steroid dienone is 2. The van der Waals surface area contributed by atoms with Gasteiger partial charge in [0.1, 0.15) is 17.2 Å². The van der Waals surface area contributed by atoms with Crippen LogP contribution in [0.2, 0.25) is 0 Å². The molecule has 29 heavy (non-hydrogen) atoms. The highest BCUT2D eigenvalue weighted by Gasteiger charge is 2.52. The van der Waals surface area contributed by atoms with Gasteiger partial charge in [-0.2, -0.15) is 9.57 Å². The molecule has 2 aliphatic carbocycles. The van der Waals surface area contributed by atoms with Crippen molar-refractivity contribution in [2.24, 2.45) is 0 Å². The molecule has 1 aliphatic heterocycles. The Balaban J connectivity index is 1.70. The van der Waals surface area contributed by atoms with Crippen LogP contribution in [0.5, 0.6) is 0 Å². The molecule has 8 nitrogen and oxygen atoms in total. The van der Waals surface area contributed by atoms with Crippen molar-refractivity contribution in [3.8, 4) is 17.3 Å². The summed E-state index contributed by atoms with van der Waals surface area (Å²) in [6.45, 7) is 3.74. The van der Waals surface area contributed by atoms with Crippen molar-refractivity contribution in [1.29, 1.82) is 5.26 Å². The summed E-state index contributed by atoms with van der Waals surface area (Å²) in [6, 6.07) is 4.05. The molecule has 0 atom stereocenters. The van der Waals surface area contributed by atoms with Crippen LogP contribution in [-0.2, 0) is 22.0 Å². The lowest BCUT2D eigenvalue weighted by Crippen LogP contribution is -2.64. The maximum Gasteiger partial charge on any atom is 0.213 e. The standard InChI is InChI=1S/C20H19N5O3S/c1-3-29(27,28)24-10-20(11-24,7-8-21)25-12(2)23-17-13-6-9-22-15-5-4-14(16(13)15)19(26)18(17)25/h4,6,9H,3,5,7,10-11H2,1-2H3. The lowest BCUT2D eigenvalue weighted by atomic mass is 9.85. The zero-order valence-corrected chi connectivity index (χ0v) is 17.0. The molecule has 148 valence electrons. The average molecular weight is 409 g/mol. The van der Waals surface area contributed by atoms with Gasteiger partial charge < -0.3 is 4.57 Å². The molecule has 1 fully saturated rings. The Morgan fingerprint density at radius 3 is 2.79 bits per heavy atom. The molecule has 0 radical (unpaired) electrons. The summed E-state index contributed by atoms with van der Waals surface area (Å²) < 4.78 is 27.8. The molecule has 3 aliphatic rings. The van der Waals surface area contributed by atoms with Gasteiger partial charge in [0.15, 0.2) is 0 Å². The number of nitriles is 1. The Labute approximate surface area is 168 Å². The van der Waals surface area contributed by atoms with Gasteiger partial charge >= 0.3 is 0 Å². The van der Waals surface area contributed by atoms with Crippen molar-refractivity contribution >= 4 is 21.4 Å². The van der Waals surface area contributed by atoms with Crippen molar-refractivity contribution in [1.82, 2.24) is 18.8 Å². The third-order valence-electron chi connectivity index (χ3n) is 6.14. The van der Waals surface area contributed by atoms with Crippen molar-refractivity contribution in [3.63, 3.8) is 0 Å². The highest BCUT2D eigenvalue weighted by molar-refractivity contribution is 7.89. The number of pyridine rings is 1. The Morgan fingerprint density at radius 1 is 1.34 bits per heavy atom. The molecular formula is C20H19N5O3S. The number of imidazole rings is 1. The van der Waals surface area contributed by atoms with E-state index in [0.29, 0.717) is 29.2 Å². The summed E-state index contributed by atoms with van der Waals surface area (Å²) in [7, 11) is -3.36. The first-order valence-corrected chi connectivity index (χ1v) is 11.1. The Hall–Kier alpha value is -2.83. The van der Waals surface area contributed by atoms with Gasteiger partial charge in [0, 0.05) is 42.4 Å². The number of carbonyl (C=O) groups excluding carboxylic acids is 1. The number of aryl methyl sites for hydroxylation is 1. The summed E-state index contributed by atoms with van der Waals surface area (Å²) in [4.78, 5) is 22.5. The Bertz CT molecular complexity index is 1260. The van der Waals surface area contributed by atoms with Crippen LogP contribution in [0.4, 0.5) is 0 Å². The first kappa shape index (κ1) is 18.2. The summed E-state index contributed by atoms with van der Waals surface area (Å²) in [5, 5.41) is 9.48. The molecule has 1 saturated heterocycles. The van der Waals surface area contributed by atoms with Crippen LogP contribution < -0.4 is 0 Å². The number of ketones is 1. The van der Waals surface area contributed by atoms with Crippen LogP contribution in [-0.4, -0.2) is 51.9 Å². The molecular weight excluding hydrogens is 390 g/mol. The molecule has 3 heterocycles. The maximum absolute atomic E-state index is 13.4. The van der Waals surface area contributed by atoms with E-state index < -0.39 is 15.6 Å². The first-order valence-electron chi connectivity index (χ1n) is 9.51. The molecule has 9 heteroatoms. The molecule has 0 unspecified atom stereocenters. The van der Waals surface area contributed by atoms with Gasteiger partial charge in [0.2, 0.25) is 15.8 Å². The normalized spacial score (nSPS) is 19.2. The van der Waals surface area contributed by atoms with Crippen molar-refractivity contribution in [2.75, 3.05) is 18.8 Å². The van der Waals surface area contributed by atoms with Crippen LogP contribution >= 0.6 is 0 Å². The van der Waals surface area contributed by atoms with Crippen LogP contribution in [0.3, 0.4) is 0 Å². The van der Waals surface area contributed by atoms with E-state index in [1.807, 2.05) is 16.7 Å². The van der Waals surface area contributed by atoms with Crippen molar-refractivity contribution in [3.05, 3.63) is 41.1 Å². The Morgan fingerprint density at radius 2 is 2.10 bits per heavy atom. The predicted octanol–water partition coefficient (Wildman–Crippen LogP) is 1.66. The fourth-order valence-electron chi connectivity index (χ4n) is 4.77. The van der Waals surface area contributed by atoms with E-state index in [1.54, 1.807) is 20.0 Å². The molecule has 0 N–H and O–H groups in total. The minimum atomic E-state index is -3.36. The molecule has 5 rings (SSSR count). The molecule has 2 aromatic rings. The van der Waals surface area contributed by atoms with Gasteiger partial charge in [-0.25, -0.2) is 13.4 Å². The SMILES string of the molecule is CCS(=O)(=O)N1CC(CC#N)(n2c(C)nc3c2C(=O)C2=CCc4nccc-3c42)C1. The van der Waals surface area contributed by atoms with Crippen LogP contribution in [0.1, 0.15) is 40.9 Å². The number of aromatic nitrogens is 3. The van der Waals surface area contributed by atoms with Gasteiger partial charge in [0.25, 0.3) is 0 Å². The minimum absolute atomic E-state index is 0.00558. The largest absolute Gasteiger partial charge is 0.315 e. The predicted molar refractivity (Wildman–Crippen MR) is 105 cm³/mol. The molecule has 0 spiro atoms. The molecule has 0 bridgehead atoms. The lowest BCUT2D eigenvalue weighted by Gasteiger charge is -2.49. The zero-order chi connectivity index (χ0) is 20.6. The molecule has 0 aromatic carbocycles. The first-order chi connectivity index (χ1) is 13.8. The van der Waals surface area contributed by atoms with Gasteiger partial charge in [-0.1, -0.05) is 6.08 Å². The van der Waals surface area contributed by atoms with Crippen molar-refractivity contribution in [2.45, 2.75) is 32.2 Å². The minimum Gasteiger partial charge on any atom is -0.315 e. The summed E-state index contributed by atoms with van der Waals surface area (Å²) in [5.74, 6) is 0.485. The summed E-state index contributed by atoms with van der Waals surface area (Å²) >= 11 is 0. The van der Waals surface area contributed by atoms with Crippen molar-refractivity contribution < 1.29 is 13.2 Å². The second-order valence-electron chi connectivity index (χ2n) is 7.75. The zero-order valence-electron chi connectivity index (χ0n) is 16.1. The van der Waals surface area contributed by atoms with E-state index in [4.69, 9.17) is 4.98 Å². The lowest BCUT2D eigenvalue weighted by molar-refractivity contribution is 0.0766. The smallest absolute Gasteiger partial charge is 0.213 e. The van der Waals surface area contributed by atoms with E-state index in [9.17, 15) is 18.5 Å². The fourth-order valence-corrected chi connectivity index (χ4v) is 6.01. The van der Waals surface area contributed by atoms with E-state index in [2.05, 4.69) is 11.1 Å². The average Bonchev–Trinajstić information content (AvgIpc) is 3.25. The van der Waals surface area contributed by atoms with Crippen LogP contribution in [0.15, 0.2) is 18.3 Å². The van der Waals surface area contributed by atoms with Crippen LogP contribution in [0, 0.1) is 18.3 Å². The van der Waals surface area contributed by atoms with Gasteiger partial charge in [-0.3, -0.25) is 9.78 Å². The quantitative estimate of drug-likeness (QED) is 0.760. The second kappa shape index (κ2) is 5.84. The van der Waals surface area contributed by atoms with Gasteiger partial charge in [-0.15, -0.1) is 0 Å².